The number of carbonyl (C=O) groups excluding carboxylic acids is 1. The largest absolute Gasteiger partial charge is 0.480 e. The standard InChI is InChI=1S/C28H30F3N5O3/c29-21-11-16(12-22(30)26(21)31)1-2-25(37)35-7-5-18(6-8-35)27(28(38)39)36-9-3-17(4-10-36)20-14-33-23-15-34-24(32)13-19(20)23/h1-2,11-15,17-18,27,33H,3-10H2,(H2,32,34)(H,38,39)/b2-1+. The molecule has 2 aliphatic heterocycles. The van der Waals surface area contributed by atoms with Crippen molar-refractivity contribution in [2.45, 2.75) is 37.6 Å². The van der Waals surface area contributed by atoms with Crippen LogP contribution in [0.15, 0.2) is 36.7 Å². The molecule has 206 valence electrons. The Morgan fingerprint density at radius 1 is 1.05 bits per heavy atom. The van der Waals surface area contributed by atoms with Crippen molar-refractivity contribution in [2.75, 3.05) is 31.9 Å². The van der Waals surface area contributed by atoms with E-state index >= 15 is 0 Å². The number of carbonyl (C=O) groups is 2. The number of aromatic nitrogens is 2. The van der Waals surface area contributed by atoms with Crippen LogP contribution < -0.4 is 5.73 Å². The van der Waals surface area contributed by atoms with Crippen molar-refractivity contribution in [1.82, 2.24) is 19.8 Å². The topological polar surface area (TPSA) is 116 Å². The number of hydrogen-bond acceptors (Lipinski definition) is 5. The van der Waals surface area contributed by atoms with Crippen molar-refractivity contribution in [1.29, 1.82) is 0 Å². The van der Waals surface area contributed by atoms with Crippen LogP contribution >= 0.6 is 0 Å². The Balaban J connectivity index is 1.17. The molecule has 8 nitrogen and oxygen atoms in total. The summed E-state index contributed by atoms with van der Waals surface area (Å²) in [6.45, 7) is 2.07. The molecule has 0 radical (unpaired) electrons. The van der Waals surface area contributed by atoms with Crippen LogP contribution in [0, 0.1) is 23.4 Å². The Morgan fingerprint density at radius 2 is 1.72 bits per heavy atom. The Morgan fingerprint density at radius 3 is 2.36 bits per heavy atom. The van der Waals surface area contributed by atoms with Crippen LogP contribution in [0.25, 0.3) is 17.0 Å². The molecule has 0 aliphatic carbocycles. The number of H-pyrrole nitrogens is 1. The molecule has 4 N–H and O–H groups in total. The van der Waals surface area contributed by atoms with Gasteiger partial charge in [0.15, 0.2) is 17.5 Å². The first-order valence-electron chi connectivity index (χ1n) is 13.0. The summed E-state index contributed by atoms with van der Waals surface area (Å²) >= 11 is 0. The number of nitrogens with two attached hydrogens (primary N) is 1. The van der Waals surface area contributed by atoms with E-state index in [0.29, 0.717) is 50.8 Å². The summed E-state index contributed by atoms with van der Waals surface area (Å²) in [5.41, 5.74) is 8.03. The smallest absolute Gasteiger partial charge is 0.321 e. The highest BCUT2D eigenvalue weighted by Gasteiger charge is 2.38. The summed E-state index contributed by atoms with van der Waals surface area (Å²) in [6.07, 6.45) is 8.86. The zero-order valence-electron chi connectivity index (χ0n) is 21.2. The molecule has 2 saturated heterocycles. The fraction of sp³-hybridized carbons (Fsp3) is 0.393. The van der Waals surface area contributed by atoms with Gasteiger partial charge in [-0.25, -0.2) is 18.2 Å². The second kappa shape index (κ2) is 11.1. The van der Waals surface area contributed by atoms with Crippen LogP contribution in [0.5, 0.6) is 0 Å². The van der Waals surface area contributed by atoms with Gasteiger partial charge in [0.25, 0.3) is 0 Å². The molecule has 4 heterocycles. The number of fused-ring (bicyclic) bond motifs is 1. The fourth-order valence-electron chi connectivity index (χ4n) is 5.92. The number of nitrogens with one attached hydrogen (secondary N) is 1. The third-order valence-electron chi connectivity index (χ3n) is 7.96. The molecule has 11 heteroatoms. The SMILES string of the molecule is Nc1cc2c(C3CCN(C(C(=O)O)C4CCN(C(=O)/C=C/c5cc(F)c(F)c(F)c5)CC4)CC3)c[nH]c2cn1. The number of carboxylic acids is 1. The zero-order chi connectivity index (χ0) is 27.7. The molecule has 2 fully saturated rings. The van der Waals surface area contributed by atoms with Crippen LogP contribution in [0.2, 0.25) is 0 Å². The van der Waals surface area contributed by atoms with Crippen LogP contribution in [0.4, 0.5) is 19.0 Å². The zero-order valence-corrected chi connectivity index (χ0v) is 21.2. The molecule has 1 atom stereocenters. The lowest BCUT2D eigenvalue weighted by molar-refractivity contribution is -0.147. The minimum atomic E-state index is -1.56. The lowest BCUT2D eigenvalue weighted by atomic mass is 9.84. The van der Waals surface area contributed by atoms with E-state index in [1.54, 1.807) is 11.1 Å². The lowest BCUT2D eigenvalue weighted by Gasteiger charge is -2.41. The lowest BCUT2D eigenvalue weighted by Crippen LogP contribution is -2.52. The number of halogens is 3. The van der Waals surface area contributed by atoms with Crippen LogP contribution in [-0.4, -0.2) is 69.0 Å². The van der Waals surface area contributed by atoms with Gasteiger partial charge in [0, 0.05) is 30.7 Å². The maximum absolute atomic E-state index is 13.4. The summed E-state index contributed by atoms with van der Waals surface area (Å²) in [5, 5.41) is 11.2. The number of likely N-dealkylation sites (tertiary alicyclic amines) is 2. The maximum Gasteiger partial charge on any atom is 0.321 e. The average Bonchev–Trinajstić information content (AvgIpc) is 3.34. The van der Waals surface area contributed by atoms with Gasteiger partial charge in [0.05, 0.1) is 11.7 Å². The van der Waals surface area contributed by atoms with Gasteiger partial charge in [-0.05, 0) is 86.0 Å². The highest BCUT2D eigenvalue weighted by atomic mass is 19.2. The number of aromatic amines is 1. The quantitative estimate of drug-likeness (QED) is 0.319. The van der Waals surface area contributed by atoms with E-state index < -0.39 is 29.5 Å². The Labute approximate surface area is 223 Å². The molecule has 3 aromatic rings. The molecule has 1 unspecified atom stereocenters. The number of amides is 1. The summed E-state index contributed by atoms with van der Waals surface area (Å²) in [5.74, 6) is -4.76. The minimum Gasteiger partial charge on any atom is -0.480 e. The van der Waals surface area contributed by atoms with Gasteiger partial charge in [0.2, 0.25) is 5.91 Å². The van der Waals surface area contributed by atoms with E-state index in [9.17, 15) is 27.9 Å². The van der Waals surface area contributed by atoms with Crippen molar-refractivity contribution in [2.24, 2.45) is 5.92 Å². The number of hydrogen-bond donors (Lipinski definition) is 3. The van der Waals surface area contributed by atoms with Gasteiger partial charge in [-0.2, -0.15) is 0 Å². The van der Waals surface area contributed by atoms with E-state index in [1.807, 2.05) is 17.2 Å². The Kier molecular flexibility index (Phi) is 7.60. The third-order valence-corrected chi connectivity index (χ3v) is 7.96. The molecular weight excluding hydrogens is 511 g/mol. The molecule has 5 rings (SSSR count). The number of anilines is 1. The van der Waals surface area contributed by atoms with Gasteiger partial charge < -0.3 is 20.7 Å². The number of aliphatic carboxylic acids is 1. The van der Waals surface area contributed by atoms with Crippen LogP contribution in [0.1, 0.15) is 42.7 Å². The maximum atomic E-state index is 13.4. The molecular formula is C28H30F3N5O3. The number of piperidine rings is 2. The number of rotatable bonds is 6. The summed E-state index contributed by atoms with van der Waals surface area (Å²) in [7, 11) is 0. The highest BCUT2D eigenvalue weighted by Crippen LogP contribution is 2.35. The van der Waals surface area contributed by atoms with E-state index in [4.69, 9.17) is 5.73 Å². The minimum absolute atomic E-state index is 0.0387. The van der Waals surface area contributed by atoms with E-state index in [0.717, 1.165) is 35.9 Å². The van der Waals surface area contributed by atoms with E-state index in [1.165, 1.54) is 17.7 Å². The summed E-state index contributed by atoms with van der Waals surface area (Å²) < 4.78 is 40.0. The van der Waals surface area contributed by atoms with Gasteiger partial charge >= 0.3 is 5.97 Å². The first-order valence-corrected chi connectivity index (χ1v) is 13.0. The normalized spacial score (nSPS) is 18.7. The number of carboxylic acid groups (broad SMARTS) is 1. The second-order valence-electron chi connectivity index (χ2n) is 10.3. The Bertz CT molecular complexity index is 1390. The van der Waals surface area contributed by atoms with Gasteiger partial charge in [0.1, 0.15) is 11.9 Å². The van der Waals surface area contributed by atoms with Crippen molar-refractivity contribution in [3.8, 4) is 0 Å². The summed E-state index contributed by atoms with van der Waals surface area (Å²) in [4.78, 5) is 36.0. The Hall–Kier alpha value is -3.86. The first-order chi connectivity index (χ1) is 18.7. The summed E-state index contributed by atoms with van der Waals surface area (Å²) in [6, 6.07) is 2.88. The molecule has 2 aliphatic rings. The first kappa shape index (κ1) is 26.7. The fourth-order valence-corrected chi connectivity index (χ4v) is 5.92. The average molecular weight is 542 g/mol. The van der Waals surface area contributed by atoms with E-state index in [-0.39, 0.29) is 17.4 Å². The molecule has 2 aromatic heterocycles. The van der Waals surface area contributed by atoms with Gasteiger partial charge in [-0.15, -0.1) is 0 Å². The van der Waals surface area contributed by atoms with Crippen LogP contribution in [0.3, 0.4) is 0 Å². The number of pyridine rings is 1. The predicted molar refractivity (Wildman–Crippen MR) is 140 cm³/mol. The van der Waals surface area contributed by atoms with Crippen molar-refractivity contribution >= 4 is 34.7 Å². The molecule has 39 heavy (non-hydrogen) atoms. The monoisotopic (exact) mass is 541 g/mol. The second-order valence-corrected chi connectivity index (χ2v) is 10.3. The van der Waals surface area contributed by atoms with Gasteiger partial charge in [-0.1, -0.05) is 0 Å². The third kappa shape index (κ3) is 5.63. The number of benzene rings is 1. The van der Waals surface area contributed by atoms with Gasteiger partial charge in [-0.3, -0.25) is 14.5 Å². The molecule has 0 spiro atoms. The number of nitrogens with zero attached hydrogens (tertiary/aromatic N) is 3. The van der Waals surface area contributed by atoms with Crippen LogP contribution in [-0.2, 0) is 9.59 Å². The molecule has 1 aromatic carbocycles. The molecule has 1 amide bonds. The number of nitrogen functional groups attached to an aromatic ring is 1. The van der Waals surface area contributed by atoms with Crippen molar-refractivity contribution < 1.29 is 27.9 Å². The van der Waals surface area contributed by atoms with Crippen molar-refractivity contribution in [3.05, 3.63) is 65.2 Å². The van der Waals surface area contributed by atoms with Crippen molar-refractivity contribution in [3.63, 3.8) is 0 Å². The molecule has 0 saturated carbocycles. The molecule has 0 bridgehead atoms. The van der Waals surface area contributed by atoms with E-state index in [2.05, 4.69) is 9.97 Å². The predicted octanol–water partition coefficient (Wildman–Crippen LogP) is 4.15. The highest BCUT2D eigenvalue weighted by molar-refractivity contribution is 5.92.